The average Bonchev–Trinajstić information content (AvgIpc) is 2.49. The third-order valence-corrected chi connectivity index (χ3v) is 2.87. The minimum Gasteiger partial charge on any atom is -0.494 e. The van der Waals surface area contributed by atoms with Crippen LogP contribution in [0.2, 0.25) is 0 Å². The predicted molar refractivity (Wildman–Crippen MR) is 93.8 cm³/mol. The Morgan fingerprint density at radius 2 is 1.74 bits per heavy atom. The Morgan fingerprint density at radius 1 is 1.09 bits per heavy atom. The molecule has 1 aromatic carbocycles. The molecule has 0 aliphatic rings. The summed E-state index contributed by atoms with van der Waals surface area (Å²) in [7, 11) is 0. The van der Waals surface area contributed by atoms with Gasteiger partial charge in [0.25, 0.3) is 0 Å². The Balaban J connectivity index is 2.10. The number of anilines is 4. The van der Waals surface area contributed by atoms with Crippen molar-refractivity contribution < 1.29 is 4.74 Å². The molecule has 0 amide bonds. The van der Waals surface area contributed by atoms with Crippen molar-refractivity contribution in [1.29, 1.82) is 0 Å². The molecular formula is C16H24N6O. The molecule has 0 aliphatic heterocycles. The summed E-state index contributed by atoms with van der Waals surface area (Å²) in [5.74, 6) is 1.90. The molecule has 7 heteroatoms. The number of nitrogens with two attached hydrogens (primary N) is 1. The van der Waals surface area contributed by atoms with Gasteiger partial charge in [0.2, 0.25) is 0 Å². The molecule has 0 aliphatic carbocycles. The summed E-state index contributed by atoms with van der Waals surface area (Å²) in [6.45, 7) is 8.71. The van der Waals surface area contributed by atoms with Gasteiger partial charge in [-0.1, -0.05) is 0 Å². The molecule has 23 heavy (non-hydrogen) atoms. The molecule has 0 unspecified atom stereocenters. The van der Waals surface area contributed by atoms with Gasteiger partial charge in [-0.15, -0.1) is 0 Å². The summed E-state index contributed by atoms with van der Waals surface area (Å²) in [6.07, 6.45) is 1.46. The van der Waals surface area contributed by atoms with Gasteiger partial charge in [-0.25, -0.2) is 15.4 Å². The predicted octanol–water partition coefficient (Wildman–Crippen LogP) is 2.92. The van der Waals surface area contributed by atoms with Gasteiger partial charge in [0.15, 0.2) is 11.6 Å². The number of hydrogen-bond acceptors (Lipinski definition) is 7. The van der Waals surface area contributed by atoms with Crippen LogP contribution in [0.5, 0.6) is 5.75 Å². The van der Waals surface area contributed by atoms with Gasteiger partial charge in [0.1, 0.15) is 17.8 Å². The Bertz CT molecular complexity index is 636. The number of nitrogens with zero attached hydrogens (tertiary/aromatic N) is 2. The maximum atomic E-state index is 6.12. The number of aromatic nitrogens is 2. The van der Waals surface area contributed by atoms with Crippen molar-refractivity contribution in [3.8, 4) is 5.75 Å². The van der Waals surface area contributed by atoms with Crippen molar-refractivity contribution in [3.63, 3.8) is 0 Å². The minimum absolute atomic E-state index is 0.111. The molecule has 7 nitrogen and oxygen atoms in total. The first-order chi connectivity index (χ1) is 10.9. The SMILES string of the molecule is CCOc1ccc(Nc2ncnc(NNC(C)(C)C)c2N)cc1. The fourth-order valence-corrected chi connectivity index (χ4v) is 1.78. The van der Waals surface area contributed by atoms with Gasteiger partial charge in [-0.05, 0) is 52.0 Å². The Kier molecular flexibility index (Phi) is 5.23. The summed E-state index contributed by atoms with van der Waals surface area (Å²) in [4.78, 5) is 8.34. The fraction of sp³-hybridized carbons (Fsp3) is 0.375. The molecule has 0 bridgehead atoms. The van der Waals surface area contributed by atoms with Crippen molar-refractivity contribution in [2.45, 2.75) is 33.2 Å². The topological polar surface area (TPSA) is 97.1 Å². The third-order valence-electron chi connectivity index (χ3n) is 2.87. The lowest BCUT2D eigenvalue weighted by Gasteiger charge is -2.22. The van der Waals surface area contributed by atoms with Crippen molar-refractivity contribution >= 4 is 23.0 Å². The maximum Gasteiger partial charge on any atom is 0.169 e. The largest absolute Gasteiger partial charge is 0.494 e. The summed E-state index contributed by atoms with van der Waals surface area (Å²) >= 11 is 0. The lowest BCUT2D eigenvalue weighted by atomic mass is 10.1. The quantitative estimate of drug-likeness (QED) is 0.608. The molecule has 124 valence electrons. The molecule has 2 aromatic rings. The van der Waals surface area contributed by atoms with Gasteiger partial charge in [-0.2, -0.15) is 0 Å². The van der Waals surface area contributed by atoms with Gasteiger partial charge in [-0.3, -0.25) is 0 Å². The van der Waals surface area contributed by atoms with Crippen LogP contribution in [0.25, 0.3) is 0 Å². The summed E-state index contributed by atoms with van der Waals surface area (Å²) in [6, 6.07) is 7.60. The lowest BCUT2D eigenvalue weighted by molar-refractivity contribution is 0.340. The molecule has 0 saturated heterocycles. The minimum atomic E-state index is -0.111. The molecule has 0 radical (unpaired) electrons. The zero-order chi connectivity index (χ0) is 16.9. The Labute approximate surface area is 136 Å². The zero-order valence-corrected chi connectivity index (χ0v) is 14.0. The van der Waals surface area contributed by atoms with Crippen LogP contribution in [0, 0.1) is 0 Å². The van der Waals surface area contributed by atoms with E-state index in [0.717, 1.165) is 11.4 Å². The highest BCUT2D eigenvalue weighted by molar-refractivity contribution is 5.77. The van der Waals surface area contributed by atoms with Crippen molar-refractivity contribution in [2.75, 3.05) is 23.1 Å². The normalized spacial score (nSPS) is 11.1. The molecular weight excluding hydrogens is 292 g/mol. The van der Waals surface area contributed by atoms with E-state index in [4.69, 9.17) is 10.5 Å². The lowest BCUT2D eigenvalue weighted by Crippen LogP contribution is -2.40. The van der Waals surface area contributed by atoms with E-state index < -0.39 is 0 Å². The first-order valence-electron chi connectivity index (χ1n) is 7.52. The smallest absolute Gasteiger partial charge is 0.169 e. The number of rotatable bonds is 6. The highest BCUT2D eigenvalue weighted by atomic mass is 16.5. The van der Waals surface area contributed by atoms with E-state index in [-0.39, 0.29) is 5.54 Å². The molecule has 5 N–H and O–H groups in total. The van der Waals surface area contributed by atoms with E-state index >= 15 is 0 Å². The van der Waals surface area contributed by atoms with Crippen LogP contribution in [0.15, 0.2) is 30.6 Å². The van der Waals surface area contributed by atoms with Crippen molar-refractivity contribution in [1.82, 2.24) is 15.4 Å². The van der Waals surface area contributed by atoms with Crippen LogP contribution in [-0.4, -0.2) is 22.1 Å². The van der Waals surface area contributed by atoms with Crippen LogP contribution in [0.1, 0.15) is 27.7 Å². The summed E-state index contributed by atoms with van der Waals surface area (Å²) in [5, 5.41) is 3.18. The highest BCUT2D eigenvalue weighted by Gasteiger charge is 2.12. The van der Waals surface area contributed by atoms with Crippen LogP contribution in [-0.2, 0) is 0 Å². The number of nitrogens with one attached hydrogen (secondary N) is 3. The maximum absolute atomic E-state index is 6.12. The van der Waals surface area contributed by atoms with E-state index in [1.807, 2.05) is 52.0 Å². The molecule has 0 saturated carbocycles. The van der Waals surface area contributed by atoms with Crippen LogP contribution in [0.3, 0.4) is 0 Å². The van der Waals surface area contributed by atoms with E-state index in [1.54, 1.807) is 0 Å². The van der Waals surface area contributed by atoms with Gasteiger partial charge < -0.3 is 21.2 Å². The van der Waals surface area contributed by atoms with E-state index in [0.29, 0.717) is 23.9 Å². The third kappa shape index (κ3) is 5.00. The molecule has 1 heterocycles. The van der Waals surface area contributed by atoms with Gasteiger partial charge >= 0.3 is 0 Å². The summed E-state index contributed by atoms with van der Waals surface area (Å²) < 4.78 is 5.42. The molecule has 0 spiro atoms. The second-order valence-electron chi connectivity index (χ2n) is 6.07. The van der Waals surface area contributed by atoms with E-state index in [1.165, 1.54) is 6.33 Å². The summed E-state index contributed by atoms with van der Waals surface area (Å²) in [5.41, 5.74) is 13.5. The molecule has 0 atom stereocenters. The number of ether oxygens (including phenoxy) is 1. The molecule has 1 aromatic heterocycles. The highest BCUT2D eigenvalue weighted by Crippen LogP contribution is 2.26. The monoisotopic (exact) mass is 316 g/mol. The van der Waals surface area contributed by atoms with Crippen LogP contribution >= 0.6 is 0 Å². The Hall–Kier alpha value is -2.54. The van der Waals surface area contributed by atoms with Gasteiger partial charge in [0, 0.05) is 11.2 Å². The van der Waals surface area contributed by atoms with Crippen LogP contribution < -0.4 is 26.6 Å². The van der Waals surface area contributed by atoms with Crippen molar-refractivity contribution in [3.05, 3.63) is 30.6 Å². The first kappa shape index (κ1) is 16.8. The number of hydrogen-bond donors (Lipinski definition) is 4. The van der Waals surface area contributed by atoms with Gasteiger partial charge in [0.05, 0.1) is 6.61 Å². The van der Waals surface area contributed by atoms with E-state index in [9.17, 15) is 0 Å². The first-order valence-corrected chi connectivity index (χ1v) is 7.52. The second kappa shape index (κ2) is 7.15. The Morgan fingerprint density at radius 3 is 2.35 bits per heavy atom. The van der Waals surface area contributed by atoms with E-state index in [2.05, 4.69) is 26.1 Å². The van der Waals surface area contributed by atoms with Crippen molar-refractivity contribution in [2.24, 2.45) is 0 Å². The fourth-order valence-electron chi connectivity index (χ4n) is 1.78. The average molecular weight is 316 g/mol. The standard InChI is InChI=1S/C16H24N6O/c1-5-23-12-8-6-11(7-9-12)20-14-13(17)15(19-10-18-14)21-22-16(2,3)4/h6-10,22H,5,17H2,1-4H3,(H2,18,19,20,21). The number of benzene rings is 1. The molecule has 0 fully saturated rings. The number of nitrogen functional groups attached to an aromatic ring is 1. The van der Waals surface area contributed by atoms with Crippen LogP contribution in [0.4, 0.5) is 23.0 Å². The second-order valence-corrected chi connectivity index (χ2v) is 6.07. The number of hydrazine groups is 1. The zero-order valence-electron chi connectivity index (χ0n) is 14.0. The molecule has 2 rings (SSSR count).